The van der Waals surface area contributed by atoms with E-state index < -0.39 is 124 Å². The van der Waals surface area contributed by atoms with Gasteiger partial charge < -0.3 is 89.9 Å². The van der Waals surface area contributed by atoms with Crippen molar-refractivity contribution in [2.75, 3.05) is 26.4 Å². The van der Waals surface area contributed by atoms with Gasteiger partial charge in [0.2, 0.25) is 5.91 Å². The average Bonchev–Trinajstić information content (AvgIpc) is 3.71. The van der Waals surface area contributed by atoms with E-state index in [1.807, 2.05) is 6.08 Å². The molecule has 3 aliphatic rings. The quantitative estimate of drug-likeness (QED) is 0.0200. The molecule has 510 valence electrons. The number of allylic oxidation sites excluding steroid dienone is 11. The van der Waals surface area contributed by atoms with Gasteiger partial charge in [-0.2, -0.15) is 0 Å². The first-order valence-electron chi connectivity index (χ1n) is 34.2. The maximum atomic E-state index is 13.4. The summed E-state index contributed by atoms with van der Waals surface area (Å²) in [6, 6.07) is -0.984. The van der Waals surface area contributed by atoms with Crippen LogP contribution in [0.25, 0.3) is 0 Å². The minimum atomic E-state index is -1.98. The van der Waals surface area contributed by atoms with Gasteiger partial charge >= 0.3 is 0 Å². The van der Waals surface area contributed by atoms with Gasteiger partial charge in [-0.3, -0.25) is 4.79 Å². The molecule has 17 atom stereocenters. The lowest BCUT2D eigenvalue weighted by Gasteiger charge is -2.48. The van der Waals surface area contributed by atoms with Crippen molar-refractivity contribution in [3.05, 3.63) is 72.9 Å². The van der Waals surface area contributed by atoms with Crippen LogP contribution in [-0.2, 0) is 33.2 Å². The van der Waals surface area contributed by atoms with E-state index in [1.165, 1.54) is 96.3 Å². The first kappa shape index (κ1) is 79.5. The van der Waals surface area contributed by atoms with Crippen LogP contribution in [0.15, 0.2) is 72.9 Å². The Morgan fingerprint density at radius 1 is 0.420 bits per heavy atom. The van der Waals surface area contributed by atoms with Gasteiger partial charge in [-0.15, -0.1) is 0 Å². The molecule has 3 saturated heterocycles. The van der Waals surface area contributed by atoms with Gasteiger partial charge in [0.05, 0.1) is 38.6 Å². The molecule has 3 fully saturated rings. The second-order valence-electron chi connectivity index (χ2n) is 24.3. The van der Waals surface area contributed by atoms with Gasteiger partial charge in [-0.25, -0.2) is 0 Å². The molecule has 3 rings (SSSR count). The third-order valence-corrected chi connectivity index (χ3v) is 16.8. The largest absolute Gasteiger partial charge is 0.394 e. The summed E-state index contributed by atoms with van der Waals surface area (Å²) >= 11 is 0. The van der Waals surface area contributed by atoms with E-state index >= 15 is 0 Å². The topological polar surface area (TPSA) is 307 Å². The molecule has 0 radical (unpaired) electrons. The first-order valence-corrected chi connectivity index (χ1v) is 34.2. The van der Waals surface area contributed by atoms with Crippen LogP contribution >= 0.6 is 0 Å². The fourth-order valence-electron chi connectivity index (χ4n) is 11.2. The minimum absolute atomic E-state index is 0.227. The molecule has 1 amide bonds. The highest BCUT2D eigenvalue weighted by molar-refractivity contribution is 5.76. The zero-order valence-electron chi connectivity index (χ0n) is 53.7. The minimum Gasteiger partial charge on any atom is -0.394 e. The van der Waals surface area contributed by atoms with E-state index in [9.17, 15) is 61.0 Å². The van der Waals surface area contributed by atoms with Crippen molar-refractivity contribution in [3.63, 3.8) is 0 Å². The van der Waals surface area contributed by atoms with Gasteiger partial charge in [0.15, 0.2) is 18.9 Å². The summed E-state index contributed by atoms with van der Waals surface area (Å²) < 4.78 is 34.3. The maximum Gasteiger partial charge on any atom is 0.220 e. The molecule has 0 aromatic carbocycles. The van der Waals surface area contributed by atoms with Crippen LogP contribution < -0.4 is 5.32 Å². The molecule has 0 bridgehead atoms. The van der Waals surface area contributed by atoms with Gasteiger partial charge in [-0.1, -0.05) is 228 Å². The fraction of sp³-hybridized carbons (Fsp3) is 0.812. The number of aliphatic hydroxyl groups is 11. The van der Waals surface area contributed by atoms with E-state index in [0.717, 1.165) is 103 Å². The van der Waals surface area contributed by atoms with Crippen molar-refractivity contribution >= 4 is 5.91 Å². The molecule has 88 heavy (non-hydrogen) atoms. The monoisotopic (exact) mass is 1250 g/mol. The van der Waals surface area contributed by atoms with Crippen LogP contribution in [0.1, 0.15) is 226 Å². The molecule has 17 unspecified atom stereocenters. The van der Waals surface area contributed by atoms with E-state index in [2.05, 4.69) is 79.9 Å². The smallest absolute Gasteiger partial charge is 0.220 e. The van der Waals surface area contributed by atoms with Crippen molar-refractivity contribution < 1.29 is 89.4 Å². The molecule has 0 aromatic heterocycles. The zero-order chi connectivity index (χ0) is 64.0. The summed E-state index contributed by atoms with van der Waals surface area (Å²) in [6.45, 7) is 1.61. The van der Waals surface area contributed by atoms with Crippen molar-refractivity contribution in [1.82, 2.24) is 5.32 Å². The van der Waals surface area contributed by atoms with Crippen LogP contribution in [0.5, 0.6) is 0 Å². The Kier molecular flexibility index (Phi) is 45.8. The Morgan fingerprint density at radius 3 is 1.23 bits per heavy atom. The molecular formula is C69H121NO18. The second kappa shape index (κ2) is 50.7. The predicted octanol–water partition coefficient (Wildman–Crippen LogP) is 8.55. The molecule has 0 saturated carbocycles. The third-order valence-electron chi connectivity index (χ3n) is 16.8. The summed E-state index contributed by atoms with van der Waals surface area (Å²) in [7, 11) is 0. The molecule has 0 aliphatic carbocycles. The Labute approximate surface area is 528 Å². The molecule has 0 spiro atoms. The SMILES string of the molecule is CC/C=C\C/C=C\C/C=C\C/C=C\C/C=C\CCCCCCCCCC(=O)NC(COC1OC(CO)C(OC2OC(CO)C(OC3OC(CO)C(O)C(O)C3O)C(O)C2O)C(O)C1O)C(O)/C=C/CCCCCCCCCCCCCCCCCCCC. The fourth-order valence-corrected chi connectivity index (χ4v) is 11.2. The summed E-state index contributed by atoms with van der Waals surface area (Å²) in [4.78, 5) is 13.4. The molecule has 19 nitrogen and oxygen atoms in total. The number of ether oxygens (including phenoxy) is 6. The number of amides is 1. The van der Waals surface area contributed by atoms with Gasteiger partial charge in [0, 0.05) is 6.42 Å². The number of carbonyl (C=O) groups is 1. The normalized spacial score (nSPS) is 28.9. The number of carbonyl (C=O) groups excluding carboxylic acids is 1. The van der Waals surface area contributed by atoms with Crippen molar-refractivity contribution in [2.45, 2.75) is 330 Å². The van der Waals surface area contributed by atoms with Crippen molar-refractivity contribution in [2.24, 2.45) is 0 Å². The Morgan fingerprint density at radius 2 is 0.784 bits per heavy atom. The van der Waals surface area contributed by atoms with E-state index in [4.69, 9.17) is 28.4 Å². The molecule has 19 heteroatoms. The predicted molar refractivity (Wildman–Crippen MR) is 341 cm³/mol. The van der Waals surface area contributed by atoms with Crippen LogP contribution in [0.2, 0.25) is 0 Å². The number of aliphatic hydroxyl groups excluding tert-OH is 11. The Hall–Kier alpha value is -2.77. The molecule has 12 N–H and O–H groups in total. The number of unbranched alkanes of at least 4 members (excludes halogenated alkanes) is 25. The lowest BCUT2D eigenvalue weighted by atomic mass is 9.96. The summed E-state index contributed by atoms with van der Waals surface area (Å²) in [5.74, 6) is -0.288. The van der Waals surface area contributed by atoms with Crippen molar-refractivity contribution in [3.8, 4) is 0 Å². The molecule has 3 aliphatic heterocycles. The molecular weight excluding hydrogens is 1130 g/mol. The Balaban J connectivity index is 1.46. The zero-order valence-corrected chi connectivity index (χ0v) is 53.7. The number of rotatable bonds is 51. The highest BCUT2D eigenvalue weighted by Gasteiger charge is 2.53. The Bertz CT molecular complexity index is 1880. The average molecular weight is 1250 g/mol. The summed E-state index contributed by atoms with van der Waals surface area (Å²) in [5, 5.41) is 120. The van der Waals surface area contributed by atoms with Crippen molar-refractivity contribution in [1.29, 1.82) is 0 Å². The standard InChI is InChI=1S/C69H121NO18/c1-3-5-7-9-11-13-15-17-19-21-23-25-26-27-29-31-33-35-37-39-41-43-45-47-57(75)70-52(53(74)46-44-42-40-38-36-34-32-30-28-24-22-20-18-16-14-12-10-8-6-4-2)51-83-67-63(81)60(78)65(55(49-72)85-67)88-69-64(82)61(79)66(56(50-73)86-69)87-68-62(80)59(77)58(76)54(48-71)84-68/h5,7,11,13,17,19,23,25,27,29,44,46,52-56,58-69,71-74,76-82H,3-4,6,8-10,12,14-16,18,20-22,24,26,28,30-43,45,47-51H2,1-2H3,(H,70,75)/b7-5-,13-11-,19-17-,25-23-,29-27-,46-44+. The lowest BCUT2D eigenvalue weighted by Crippen LogP contribution is -2.66. The highest BCUT2D eigenvalue weighted by Crippen LogP contribution is 2.33. The van der Waals surface area contributed by atoms with Crippen LogP contribution in [0.4, 0.5) is 0 Å². The lowest BCUT2D eigenvalue weighted by molar-refractivity contribution is -0.379. The number of nitrogens with one attached hydrogen (secondary N) is 1. The maximum absolute atomic E-state index is 13.4. The van der Waals surface area contributed by atoms with E-state index in [-0.39, 0.29) is 18.9 Å². The van der Waals surface area contributed by atoms with Gasteiger partial charge in [0.1, 0.15) is 73.2 Å². The van der Waals surface area contributed by atoms with Crippen LogP contribution in [-0.4, -0.2) is 193 Å². The summed E-state index contributed by atoms with van der Waals surface area (Å²) in [5.41, 5.74) is 0. The molecule has 0 aromatic rings. The second-order valence-corrected chi connectivity index (χ2v) is 24.3. The summed E-state index contributed by atoms with van der Waals surface area (Å²) in [6.07, 6.45) is 35.8. The molecule has 3 heterocycles. The van der Waals surface area contributed by atoms with E-state index in [0.29, 0.717) is 6.42 Å². The van der Waals surface area contributed by atoms with Gasteiger partial charge in [-0.05, 0) is 64.2 Å². The van der Waals surface area contributed by atoms with E-state index in [1.54, 1.807) is 6.08 Å². The first-order chi connectivity index (χ1) is 42.8. The van der Waals surface area contributed by atoms with Crippen LogP contribution in [0, 0.1) is 0 Å². The third kappa shape index (κ3) is 32.7. The highest BCUT2D eigenvalue weighted by atomic mass is 16.8. The number of hydrogen-bond acceptors (Lipinski definition) is 18. The number of hydrogen-bond donors (Lipinski definition) is 12. The van der Waals surface area contributed by atoms with Gasteiger partial charge in [0.25, 0.3) is 0 Å². The van der Waals surface area contributed by atoms with Crippen LogP contribution in [0.3, 0.4) is 0 Å².